The van der Waals surface area contributed by atoms with Crippen molar-refractivity contribution in [2.45, 2.75) is 27.7 Å². The number of hydrogen-bond acceptors (Lipinski definition) is 2. The summed E-state index contributed by atoms with van der Waals surface area (Å²) in [6, 6.07) is 0. The Bertz CT molecular complexity index is 179. The van der Waals surface area contributed by atoms with Crippen molar-refractivity contribution in [3.8, 4) is 0 Å². The molecule has 0 aromatic heterocycles. The minimum Gasteiger partial charge on any atom is -0.370 e. The first-order chi connectivity index (χ1) is 7.10. The van der Waals surface area contributed by atoms with Crippen molar-refractivity contribution in [2.24, 2.45) is 16.6 Å². The standard InChI is InChI=1S/C11H26N4.HI/c1-5-15(6-2)8-7-13-11(12)14-9-10(3)4;/h10H,5-9H2,1-4H3,(H3,12,13,14);1H. The van der Waals surface area contributed by atoms with Crippen LogP contribution in [0.4, 0.5) is 0 Å². The van der Waals surface area contributed by atoms with Crippen LogP contribution >= 0.6 is 24.0 Å². The molecule has 0 fully saturated rings. The van der Waals surface area contributed by atoms with E-state index >= 15 is 0 Å². The number of halogens is 1. The molecule has 3 N–H and O–H groups in total. The Balaban J connectivity index is 0. The van der Waals surface area contributed by atoms with E-state index in [4.69, 9.17) is 5.73 Å². The summed E-state index contributed by atoms with van der Waals surface area (Å²) in [6.45, 7) is 13.4. The van der Waals surface area contributed by atoms with E-state index < -0.39 is 0 Å². The van der Waals surface area contributed by atoms with E-state index in [0.717, 1.165) is 32.7 Å². The number of nitrogens with zero attached hydrogens (tertiary/aromatic N) is 2. The van der Waals surface area contributed by atoms with E-state index in [9.17, 15) is 0 Å². The summed E-state index contributed by atoms with van der Waals surface area (Å²) in [5.74, 6) is 1.13. The average molecular weight is 342 g/mol. The Morgan fingerprint density at radius 3 is 2.31 bits per heavy atom. The third kappa shape index (κ3) is 10.5. The van der Waals surface area contributed by atoms with Crippen LogP contribution in [0.15, 0.2) is 4.99 Å². The van der Waals surface area contributed by atoms with E-state index in [1.807, 2.05) is 0 Å². The predicted octanol–water partition coefficient (Wildman–Crippen LogP) is 1.51. The number of aliphatic imine (C=N–C) groups is 1. The van der Waals surface area contributed by atoms with E-state index in [2.05, 4.69) is 42.9 Å². The molecule has 0 spiro atoms. The van der Waals surface area contributed by atoms with Crippen LogP contribution in [0.25, 0.3) is 0 Å². The number of rotatable bonds is 7. The van der Waals surface area contributed by atoms with Crippen LogP contribution < -0.4 is 11.1 Å². The smallest absolute Gasteiger partial charge is 0.188 e. The van der Waals surface area contributed by atoms with Gasteiger partial charge in [-0.25, -0.2) is 0 Å². The van der Waals surface area contributed by atoms with Gasteiger partial charge in [0.05, 0.1) is 0 Å². The molecule has 0 radical (unpaired) electrons. The normalized spacial score (nSPS) is 11.8. The Kier molecular flexibility index (Phi) is 13.1. The van der Waals surface area contributed by atoms with Crippen molar-refractivity contribution in [1.29, 1.82) is 0 Å². The van der Waals surface area contributed by atoms with Gasteiger partial charge in [-0.15, -0.1) is 24.0 Å². The Morgan fingerprint density at radius 2 is 1.88 bits per heavy atom. The summed E-state index contributed by atoms with van der Waals surface area (Å²) in [5.41, 5.74) is 5.71. The number of guanidine groups is 1. The Hall–Kier alpha value is -0.0400. The van der Waals surface area contributed by atoms with Crippen LogP contribution in [-0.4, -0.2) is 43.6 Å². The van der Waals surface area contributed by atoms with Gasteiger partial charge < -0.3 is 16.0 Å². The maximum Gasteiger partial charge on any atom is 0.188 e. The van der Waals surface area contributed by atoms with Gasteiger partial charge in [0.15, 0.2) is 5.96 Å². The molecule has 0 aliphatic heterocycles. The number of likely N-dealkylation sites (N-methyl/N-ethyl adjacent to an activating group) is 1. The van der Waals surface area contributed by atoms with Crippen LogP contribution in [0.1, 0.15) is 27.7 Å². The fourth-order valence-corrected chi connectivity index (χ4v) is 1.22. The van der Waals surface area contributed by atoms with Crippen molar-refractivity contribution < 1.29 is 0 Å². The van der Waals surface area contributed by atoms with E-state index in [1.54, 1.807) is 0 Å². The SMILES string of the molecule is CCN(CC)CCNC(N)=NCC(C)C.I. The van der Waals surface area contributed by atoms with Crippen molar-refractivity contribution >= 4 is 29.9 Å². The van der Waals surface area contributed by atoms with E-state index in [1.165, 1.54) is 0 Å². The summed E-state index contributed by atoms with van der Waals surface area (Å²) < 4.78 is 0. The first-order valence-electron chi connectivity index (χ1n) is 5.86. The lowest BCUT2D eigenvalue weighted by atomic mass is 10.2. The van der Waals surface area contributed by atoms with Crippen LogP contribution in [0.5, 0.6) is 0 Å². The minimum atomic E-state index is 0. The molecule has 0 aromatic rings. The molecule has 0 atom stereocenters. The second kappa shape index (κ2) is 11.4. The third-order valence-corrected chi connectivity index (χ3v) is 2.26. The second-order valence-electron chi connectivity index (χ2n) is 4.07. The highest BCUT2D eigenvalue weighted by molar-refractivity contribution is 14.0. The van der Waals surface area contributed by atoms with Crippen LogP contribution in [0.2, 0.25) is 0 Å². The van der Waals surface area contributed by atoms with Gasteiger partial charge in [0.25, 0.3) is 0 Å². The van der Waals surface area contributed by atoms with Gasteiger partial charge in [0.1, 0.15) is 0 Å². The van der Waals surface area contributed by atoms with Crippen LogP contribution in [-0.2, 0) is 0 Å². The molecular formula is C11H27IN4. The number of nitrogens with one attached hydrogen (secondary N) is 1. The van der Waals surface area contributed by atoms with Crippen molar-refractivity contribution in [1.82, 2.24) is 10.2 Å². The number of nitrogens with two attached hydrogens (primary N) is 1. The molecule has 0 aliphatic rings. The predicted molar refractivity (Wildman–Crippen MR) is 82.5 cm³/mol. The molecule has 5 heteroatoms. The van der Waals surface area contributed by atoms with Gasteiger partial charge in [-0.05, 0) is 19.0 Å². The first kappa shape index (κ1) is 18.3. The molecule has 0 heterocycles. The van der Waals surface area contributed by atoms with Gasteiger partial charge in [0, 0.05) is 19.6 Å². The molecule has 98 valence electrons. The lowest BCUT2D eigenvalue weighted by Crippen LogP contribution is -2.38. The van der Waals surface area contributed by atoms with Crippen molar-refractivity contribution in [2.75, 3.05) is 32.7 Å². The molecular weight excluding hydrogens is 315 g/mol. The van der Waals surface area contributed by atoms with Crippen molar-refractivity contribution in [3.05, 3.63) is 0 Å². The summed E-state index contributed by atoms with van der Waals surface area (Å²) in [5, 5.41) is 3.12. The molecule has 0 unspecified atom stereocenters. The zero-order chi connectivity index (χ0) is 11.7. The minimum absolute atomic E-state index is 0. The highest BCUT2D eigenvalue weighted by atomic mass is 127. The first-order valence-corrected chi connectivity index (χ1v) is 5.86. The Morgan fingerprint density at radius 1 is 1.31 bits per heavy atom. The Labute approximate surface area is 117 Å². The van der Waals surface area contributed by atoms with Crippen molar-refractivity contribution in [3.63, 3.8) is 0 Å². The van der Waals surface area contributed by atoms with Gasteiger partial charge in [0.2, 0.25) is 0 Å². The molecule has 0 saturated heterocycles. The third-order valence-electron chi connectivity index (χ3n) is 2.26. The zero-order valence-corrected chi connectivity index (χ0v) is 13.3. The molecule has 0 rings (SSSR count). The molecule has 0 saturated carbocycles. The molecule has 0 bridgehead atoms. The van der Waals surface area contributed by atoms with Gasteiger partial charge in [-0.1, -0.05) is 27.7 Å². The lowest BCUT2D eigenvalue weighted by molar-refractivity contribution is 0.308. The maximum absolute atomic E-state index is 5.71. The quantitative estimate of drug-likeness (QED) is 0.419. The van der Waals surface area contributed by atoms with E-state index in [0.29, 0.717) is 11.9 Å². The van der Waals surface area contributed by atoms with Gasteiger partial charge >= 0.3 is 0 Å². The highest BCUT2D eigenvalue weighted by Gasteiger charge is 1.98. The average Bonchev–Trinajstić information content (AvgIpc) is 2.21. The topological polar surface area (TPSA) is 53.6 Å². The fourth-order valence-electron chi connectivity index (χ4n) is 1.22. The summed E-state index contributed by atoms with van der Waals surface area (Å²) in [7, 11) is 0. The molecule has 16 heavy (non-hydrogen) atoms. The zero-order valence-electron chi connectivity index (χ0n) is 11.0. The summed E-state index contributed by atoms with van der Waals surface area (Å²) >= 11 is 0. The molecule has 4 nitrogen and oxygen atoms in total. The molecule has 0 amide bonds. The van der Waals surface area contributed by atoms with Crippen LogP contribution in [0.3, 0.4) is 0 Å². The lowest BCUT2D eigenvalue weighted by Gasteiger charge is -2.18. The number of hydrogen-bond donors (Lipinski definition) is 2. The summed E-state index contributed by atoms with van der Waals surface area (Å²) in [4.78, 5) is 6.59. The summed E-state index contributed by atoms with van der Waals surface area (Å²) in [6.07, 6.45) is 0. The fraction of sp³-hybridized carbons (Fsp3) is 0.909. The largest absolute Gasteiger partial charge is 0.370 e. The monoisotopic (exact) mass is 342 g/mol. The van der Waals surface area contributed by atoms with Crippen LogP contribution in [0, 0.1) is 5.92 Å². The van der Waals surface area contributed by atoms with Gasteiger partial charge in [-0.3, -0.25) is 4.99 Å². The van der Waals surface area contributed by atoms with E-state index in [-0.39, 0.29) is 24.0 Å². The van der Waals surface area contributed by atoms with Gasteiger partial charge in [-0.2, -0.15) is 0 Å². The maximum atomic E-state index is 5.71. The second-order valence-corrected chi connectivity index (χ2v) is 4.07. The highest BCUT2D eigenvalue weighted by Crippen LogP contribution is 1.90. The molecule has 0 aliphatic carbocycles. The molecule has 0 aromatic carbocycles.